The molecule has 2 aromatic carbocycles. The van der Waals surface area contributed by atoms with E-state index < -0.39 is 11.7 Å². The Bertz CT molecular complexity index is 1120. The second kappa shape index (κ2) is 7.33. The molecule has 1 amide bonds. The number of amides is 1. The minimum absolute atomic E-state index is 0.0152. The van der Waals surface area contributed by atoms with Gasteiger partial charge >= 0.3 is 0 Å². The number of ether oxygens (including phenoxy) is 1. The van der Waals surface area contributed by atoms with Crippen molar-refractivity contribution in [3.8, 4) is 11.4 Å². The van der Waals surface area contributed by atoms with Crippen LogP contribution in [0.4, 0.5) is 10.2 Å². The van der Waals surface area contributed by atoms with Crippen LogP contribution in [0, 0.1) is 12.7 Å². The van der Waals surface area contributed by atoms with Gasteiger partial charge in [0.15, 0.2) is 17.3 Å². The van der Waals surface area contributed by atoms with Crippen LogP contribution >= 0.6 is 11.6 Å². The molecule has 4 rings (SSSR count). The molecule has 0 radical (unpaired) electrons. The van der Waals surface area contributed by atoms with E-state index in [1.54, 1.807) is 35.9 Å². The summed E-state index contributed by atoms with van der Waals surface area (Å²) in [6.45, 7) is 1.79. The number of aryl methyl sites for hydroxylation is 1. The monoisotopic (exact) mass is 413 g/mol. The van der Waals surface area contributed by atoms with Gasteiger partial charge < -0.3 is 10.1 Å². The predicted molar refractivity (Wildman–Crippen MR) is 107 cm³/mol. The Morgan fingerprint density at radius 1 is 1.28 bits per heavy atom. The fourth-order valence-corrected chi connectivity index (χ4v) is 3.68. The molecular formula is C21H17ClFN3O3. The van der Waals surface area contributed by atoms with Gasteiger partial charge in [-0.3, -0.25) is 9.59 Å². The smallest absolute Gasteiger partial charge is 0.226 e. The normalized spacial score (nSPS) is 15.6. The Balaban J connectivity index is 1.80. The lowest BCUT2D eigenvalue weighted by atomic mass is 9.85. The van der Waals surface area contributed by atoms with Crippen LogP contribution in [0.3, 0.4) is 0 Å². The second-order valence-electron chi connectivity index (χ2n) is 6.75. The van der Waals surface area contributed by atoms with Crippen molar-refractivity contribution < 1.29 is 18.7 Å². The average Bonchev–Trinajstić information content (AvgIpc) is 3.04. The molecule has 1 aliphatic rings. The first-order valence-electron chi connectivity index (χ1n) is 8.92. The fourth-order valence-electron chi connectivity index (χ4n) is 3.55. The van der Waals surface area contributed by atoms with Gasteiger partial charge in [0.1, 0.15) is 5.82 Å². The Kier molecular flexibility index (Phi) is 4.84. The zero-order valence-corrected chi connectivity index (χ0v) is 16.5. The molecule has 0 aliphatic carbocycles. The van der Waals surface area contributed by atoms with Crippen LogP contribution in [0.15, 0.2) is 42.5 Å². The number of nitrogens with zero attached hydrogens (tertiary/aromatic N) is 2. The van der Waals surface area contributed by atoms with Gasteiger partial charge in [-0.15, -0.1) is 0 Å². The Morgan fingerprint density at radius 2 is 2.00 bits per heavy atom. The molecule has 148 valence electrons. The maximum absolute atomic E-state index is 13.7. The van der Waals surface area contributed by atoms with Crippen molar-refractivity contribution in [3.63, 3.8) is 0 Å². The predicted octanol–water partition coefficient (Wildman–Crippen LogP) is 4.29. The first kappa shape index (κ1) is 19.1. The van der Waals surface area contributed by atoms with Gasteiger partial charge in [0.25, 0.3) is 0 Å². The summed E-state index contributed by atoms with van der Waals surface area (Å²) in [4.78, 5) is 25.6. The number of methoxy groups -OCH3 is 1. The molecule has 1 aliphatic heterocycles. The van der Waals surface area contributed by atoms with Gasteiger partial charge in [-0.1, -0.05) is 11.6 Å². The highest BCUT2D eigenvalue weighted by Gasteiger charge is 2.36. The van der Waals surface area contributed by atoms with Crippen molar-refractivity contribution >= 4 is 29.1 Å². The number of halogens is 2. The molecule has 0 bridgehead atoms. The number of hydrogen-bond acceptors (Lipinski definition) is 4. The van der Waals surface area contributed by atoms with Crippen LogP contribution in [-0.2, 0) is 4.79 Å². The first-order valence-corrected chi connectivity index (χ1v) is 9.30. The van der Waals surface area contributed by atoms with E-state index in [0.717, 1.165) is 0 Å². The Morgan fingerprint density at radius 3 is 2.69 bits per heavy atom. The fraction of sp³-hybridized carbons (Fsp3) is 0.190. The molecule has 1 N–H and O–H groups in total. The molecule has 2 heterocycles. The SMILES string of the molecule is COc1cc(C(=O)[C@H]2CC(=O)Nc3c2c(C)nn3-c2ccc(Cl)cc2)ccc1F. The van der Waals surface area contributed by atoms with Crippen molar-refractivity contribution in [1.82, 2.24) is 9.78 Å². The van der Waals surface area contributed by atoms with Crippen LogP contribution < -0.4 is 10.1 Å². The van der Waals surface area contributed by atoms with E-state index in [-0.39, 0.29) is 29.4 Å². The molecule has 0 spiro atoms. The number of nitrogens with one attached hydrogen (secondary N) is 1. The molecule has 0 saturated carbocycles. The minimum Gasteiger partial charge on any atom is -0.494 e. The van der Waals surface area contributed by atoms with E-state index in [1.807, 2.05) is 0 Å². The van der Waals surface area contributed by atoms with Crippen LogP contribution in [0.25, 0.3) is 5.69 Å². The zero-order valence-electron chi connectivity index (χ0n) is 15.7. The summed E-state index contributed by atoms with van der Waals surface area (Å²) in [7, 11) is 1.33. The standard InChI is InChI=1S/C21H17ClFN3O3/c1-11-19-15(20(28)12-3-8-16(23)17(9-12)29-2)10-18(27)24-21(19)26(25-11)14-6-4-13(22)5-7-14/h3-9,15H,10H2,1-2H3,(H,24,27)/t15-/m0/s1. The van der Waals surface area contributed by atoms with Crippen molar-refractivity contribution in [1.29, 1.82) is 0 Å². The third kappa shape index (κ3) is 3.38. The van der Waals surface area contributed by atoms with Crippen molar-refractivity contribution in [2.45, 2.75) is 19.3 Å². The second-order valence-corrected chi connectivity index (χ2v) is 7.19. The summed E-state index contributed by atoms with van der Waals surface area (Å²) in [5.74, 6) is -1.44. The summed E-state index contributed by atoms with van der Waals surface area (Å²) in [6.07, 6.45) is -0.0152. The van der Waals surface area contributed by atoms with Gasteiger partial charge in [0.05, 0.1) is 24.4 Å². The number of carbonyl (C=O) groups is 2. The van der Waals surface area contributed by atoms with Crippen molar-refractivity contribution in [2.24, 2.45) is 0 Å². The van der Waals surface area contributed by atoms with Crippen LogP contribution in [0.1, 0.15) is 34.0 Å². The molecule has 3 aromatic rings. The molecule has 1 aromatic heterocycles. The van der Waals surface area contributed by atoms with E-state index in [1.165, 1.54) is 25.3 Å². The summed E-state index contributed by atoms with van der Waals surface area (Å²) >= 11 is 5.96. The number of ketones is 1. The highest BCUT2D eigenvalue weighted by atomic mass is 35.5. The number of benzene rings is 2. The van der Waals surface area contributed by atoms with E-state index in [9.17, 15) is 14.0 Å². The number of fused-ring (bicyclic) bond motifs is 1. The molecule has 29 heavy (non-hydrogen) atoms. The van der Waals surface area contributed by atoms with E-state index in [4.69, 9.17) is 16.3 Å². The number of Topliss-reactive ketones (excluding diaryl/α,β-unsaturated/α-hetero) is 1. The summed E-state index contributed by atoms with van der Waals surface area (Å²) in [5.41, 5.74) is 2.25. The maximum Gasteiger partial charge on any atom is 0.226 e. The van der Waals surface area contributed by atoms with Crippen LogP contribution in [0.2, 0.25) is 5.02 Å². The molecule has 0 fully saturated rings. The third-order valence-corrected chi connectivity index (χ3v) is 5.18. The average molecular weight is 414 g/mol. The van der Waals surface area contributed by atoms with Gasteiger partial charge in [0, 0.05) is 22.6 Å². The Labute approximate surface area is 171 Å². The summed E-state index contributed by atoms with van der Waals surface area (Å²) < 4.78 is 20.3. The lowest BCUT2D eigenvalue weighted by Gasteiger charge is -2.23. The van der Waals surface area contributed by atoms with Gasteiger partial charge in [-0.2, -0.15) is 5.10 Å². The largest absolute Gasteiger partial charge is 0.494 e. The highest BCUT2D eigenvalue weighted by molar-refractivity contribution is 6.30. The Hall–Kier alpha value is -3.19. The van der Waals surface area contributed by atoms with Crippen molar-refractivity contribution in [3.05, 3.63) is 70.1 Å². The lowest BCUT2D eigenvalue weighted by molar-refractivity contribution is -0.116. The van der Waals surface area contributed by atoms with E-state index in [2.05, 4.69) is 10.4 Å². The number of rotatable bonds is 4. The molecule has 0 saturated heterocycles. The minimum atomic E-state index is -0.727. The third-order valence-electron chi connectivity index (χ3n) is 4.93. The number of carbonyl (C=O) groups excluding carboxylic acids is 2. The summed E-state index contributed by atoms with van der Waals surface area (Å²) in [6, 6.07) is 10.9. The zero-order chi connectivity index (χ0) is 20.7. The lowest BCUT2D eigenvalue weighted by Crippen LogP contribution is -2.28. The van der Waals surface area contributed by atoms with Gasteiger partial charge in [0.2, 0.25) is 5.91 Å². The van der Waals surface area contributed by atoms with Gasteiger partial charge in [-0.05, 0) is 49.4 Å². The van der Waals surface area contributed by atoms with E-state index in [0.29, 0.717) is 27.8 Å². The topological polar surface area (TPSA) is 73.2 Å². The number of aromatic nitrogens is 2. The summed E-state index contributed by atoms with van der Waals surface area (Å²) in [5, 5.41) is 7.92. The van der Waals surface area contributed by atoms with Crippen LogP contribution in [-0.4, -0.2) is 28.6 Å². The molecule has 6 nitrogen and oxygen atoms in total. The van der Waals surface area contributed by atoms with Crippen molar-refractivity contribution in [2.75, 3.05) is 12.4 Å². The molecule has 0 unspecified atom stereocenters. The molecule has 8 heteroatoms. The molecular weight excluding hydrogens is 397 g/mol. The van der Waals surface area contributed by atoms with Gasteiger partial charge in [-0.25, -0.2) is 9.07 Å². The maximum atomic E-state index is 13.7. The quantitative estimate of drug-likeness (QED) is 0.647. The number of hydrogen-bond donors (Lipinski definition) is 1. The number of anilines is 1. The van der Waals surface area contributed by atoms with E-state index >= 15 is 0 Å². The first-order chi connectivity index (χ1) is 13.9. The molecule has 1 atom stereocenters. The van der Waals surface area contributed by atoms with Crippen LogP contribution in [0.5, 0.6) is 5.75 Å². The highest BCUT2D eigenvalue weighted by Crippen LogP contribution is 2.38.